The molecule has 2 rings (SSSR count). The third-order valence-electron chi connectivity index (χ3n) is 4.34. The molecule has 1 saturated heterocycles. The van der Waals surface area contributed by atoms with Crippen LogP contribution < -0.4 is 5.32 Å². The zero-order valence-corrected chi connectivity index (χ0v) is 14.0. The van der Waals surface area contributed by atoms with Crippen LogP contribution in [0, 0.1) is 0 Å². The van der Waals surface area contributed by atoms with Gasteiger partial charge in [-0.2, -0.15) is 11.8 Å². The first-order chi connectivity index (χ1) is 9.58. The van der Waals surface area contributed by atoms with Crippen LogP contribution in [-0.2, 0) is 5.41 Å². The van der Waals surface area contributed by atoms with Crippen molar-refractivity contribution in [2.75, 3.05) is 12.3 Å². The van der Waals surface area contributed by atoms with E-state index in [9.17, 15) is 0 Å². The number of hydrogen-bond acceptors (Lipinski definition) is 2. The van der Waals surface area contributed by atoms with E-state index in [4.69, 9.17) is 0 Å². The number of thioether (sulfide) groups is 1. The second-order valence-corrected chi connectivity index (χ2v) is 8.16. The van der Waals surface area contributed by atoms with Crippen LogP contribution in [-0.4, -0.2) is 23.6 Å². The smallest absolute Gasteiger partial charge is 0.0172 e. The Morgan fingerprint density at radius 1 is 1.25 bits per heavy atom. The van der Waals surface area contributed by atoms with E-state index in [1.807, 2.05) is 0 Å². The maximum absolute atomic E-state index is 3.76. The van der Waals surface area contributed by atoms with Gasteiger partial charge in [0.1, 0.15) is 0 Å². The van der Waals surface area contributed by atoms with Crippen LogP contribution in [0.3, 0.4) is 0 Å². The summed E-state index contributed by atoms with van der Waals surface area (Å²) in [6.07, 6.45) is 5.42. The zero-order chi connectivity index (χ0) is 14.4. The molecule has 1 aliphatic heterocycles. The molecule has 1 fully saturated rings. The normalized spacial score (nSPS) is 21.6. The molecular formula is C18H29NS. The summed E-state index contributed by atoms with van der Waals surface area (Å²) in [5.41, 5.74) is 1.69. The fourth-order valence-electron chi connectivity index (χ4n) is 3.15. The van der Waals surface area contributed by atoms with Crippen molar-refractivity contribution in [2.45, 2.75) is 63.2 Å². The van der Waals surface area contributed by atoms with Gasteiger partial charge in [-0.3, -0.25) is 0 Å². The van der Waals surface area contributed by atoms with E-state index in [1.54, 1.807) is 0 Å². The fourth-order valence-corrected chi connectivity index (χ4v) is 4.40. The summed E-state index contributed by atoms with van der Waals surface area (Å²) >= 11 is 2.16. The van der Waals surface area contributed by atoms with Gasteiger partial charge in [0.2, 0.25) is 0 Å². The van der Waals surface area contributed by atoms with Crippen LogP contribution in [0.2, 0.25) is 0 Å². The molecule has 2 unspecified atom stereocenters. The number of rotatable bonds is 6. The number of nitrogens with one attached hydrogen (secondary N) is 1. The highest BCUT2D eigenvalue weighted by molar-refractivity contribution is 7.99. The number of benzene rings is 1. The van der Waals surface area contributed by atoms with Gasteiger partial charge >= 0.3 is 0 Å². The fraction of sp³-hybridized carbons (Fsp3) is 0.667. The Morgan fingerprint density at radius 3 is 2.65 bits per heavy atom. The molecule has 0 saturated carbocycles. The summed E-state index contributed by atoms with van der Waals surface area (Å²) in [7, 11) is 0. The molecule has 0 spiro atoms. The first kappa shape index (κ1) is 15.9. The minimum absolute atomic E-state index is 0.243. The van der Waals surface area contributed by atoms with Crippen LogP contribution in [0.15, 0.2) is 30.3 Å². The van der Waals surface area contributed by atoms with E-state index in [0.29, 0.717) is 6.04 Å². The van der Waals surface area contributed by atoms with Gasteiger partial charge in [-0.1, -0.05) is 50.6 Å². The molecule has 0 aromatic heterocycles. The van der Waals surface area contributed by atoms with E-state index >= 15 is 0 Å². The summed E-state index contributed by atoms with van der Waals surface area (Å²) < 4.78 is 0. The molecule has 0 aliphatic carbocycles. The van der Waals surface area contributed by atoms with Gasteiger partial charge in [0.15, 0.2) is 0 Å². The monoisotopic (exact) mass is 291 g/mol. The van der Waals surface area contributed by atoms with E-state index < -0.39 is 0 Å². The summed E-state index contributed by atoms with van der Waals surface area (Å²) in [6, 6.07) is 11.5. The maximum Gasteiger partial charge on any atom is 0.0172 e. The van der Waals surface area contributed by atoms with Crippen molar-refractivity contribution in [1.82, 2.24) is 5.32 Å². The summed E-state index contributed by atoms with van der Waals surface area (Å²) in [5, 5.41) is 4.60. The van der Waals surface area contributed by atoms with Gasteiger partial charge in [-0.05, 0) is 42.9 Å². The van der Waals surface area contributed by atoms with Gasteiger partial charge < -0.3 is 5.32 Å². The lowest BCUT2D eigenvalue weighted by molar-refractivity contribution is 0.387. The Morgan fingerprint density at radius 2 is 2.00 bits per heavy atom. The highest BCUT2D eigenvalue weighted by atomic mass is 32.2. The van der Waals surface area contributed by atoms with Crippen LogP contribution in [0.4, 0.5) is 0 Å². The van der Waals surface area contributed by atoms with Gasteiger partial charge in [-0.25, -0.2) is 0 Å². The Balaban J connectivity index is 1.79. The van der Waals surface area contributed by atoms with Crippen LogP contribution in [0.5, 0.6) is 0 Å². The second kappa shape index (κ2) is 7.51. The third kappa shape index (κ3) is 4.82. The molecule has 1 heterocycles. The SMILES string of the molecule is CC(CC(C)(C)c1ccccc1)NCC1CCCCS1. The highest BCUT2D eigenvalue weighted by Gasteiger charge is 2.23. The standard InChI is InChI=1S/C18H29NS/c1-15(19-14-17-11-7-8-12-20-17)13-18(2,3)16-9-5-4-6-10-16/h4-6,9-10,15,17,19H,7-8,11-14H2,1-3H3. The largest absolute Gasteiger partial charge is 0.313 e. The van der Waals surface area contributed by atoms with Crippen LogP contribution in [0.1, 0.15) is 52.0 Å². The summed E-state index contributed by atoms with van der Waals surface area (Å²) in [4.78, 5) is 0. The first-order valence-corrected chi connectivity index (χ1v) is 9.03. The average Bonchev–Trinajstić information content (AvgIpc) is 2.47. The summed E-state index contributed by atoms with van der Waals surface area (Å²) in [5.74, 6) is 1.36. The second-order valence-electron chi connectivity index (χ2n) is 6.75. The average molecular weight is 292 g/mol. The maximum atomic E-state index is 3.76. The van der Waals surface area contributed by atoms with Crippen molar-refractivity contribution in [3.05, 3.63) is 35.9 Å². The Kier molecular flexibility index (Phi) is 5.98. The molecule has 20 heavy (non-hydrogen) atoms. The molecule has 0 radical (unpaired) electrons. The molecule has 1 aromatic carbocycles. The van der Waals surface area contributed by atoms with Crippen molar-refractivity contribution in [1.29, 1.82) is 0 Å². The van der Waals surface area contributed by atoms with Crippen molar-refractivity contribution in [3.8, 4) is 0 Å². The Labute approximate surface area is 128 Å². The predicted octanol–water partition coefficient (Wildman–Crippen LogP) is 4.62. The lowest BCUT2D eigenvalue weighted by atomic mass is 9.79. The van der Waals surface area contributed by atoms with E-state index in [1.165, 1.54) is 43.5 Å². The van der Waals surface area contributed by atoms with Gasteiger partial charge in [0.25, 0.3) is 0 Å². The van der Waals surface area contributed by atoms with E-state index in [2.05, 4.69) is 68.2 Å². The molecule has 112 valence electrons. The van der Waals surface area contributed by atoms with Crippen molar-refractivity contribution in [2.24, 2.45) is 0 Å². The zero-order valence-electron chi connectivity index (χ0n) is 13.2. The molecule has 1 N–H and O–H groups in total. The molecule has 2 atom stereocenters. The molecule has 2 heteroatoms. The quantitative estimate of drug-likeness (QED) is 0.821. The lowest BCUT2D eigenvalue weighted by Gasteiger charge is -2.30. The lowest BCUT2D eigenvalue weighted by Crippen LogP contribution is -2.37. The minimum atomic E-state index is 0.243. The Bertz CT molecular complexity index is 382. The van der Waals surface area contributed by atoms with E-state index in [-0.39, 0.29) is 5.41 Å². The molecular weight excluding hydrogens is 262 g/mol. The van der Waals surface area contributed by atoms with E-state index in [0.717, 1.165) is 5.25 Å². The molecule has 1 aromatic rings. The molecule has 0 amide bonds. The van der Waals surface area contributed by atoms with Crippen molar-refractivity contribution >= 4 is 11.8 Å². The topological polar surface area (TPSA) is 12.0 Å². The molecule has 1 nitrogen and oxygen atoms in total. The summed E-state index contributed by atoms with van der Waals surface area (Å²) in [6.45, 7) is 8.22. The van der Waals surface area contributed by atoms with Crippen molar-refractivity contribution < 1.29 is 0 Å². The van der Waals surface area contributed by atoms with Gasteiger partial charge in [0.05, 0.1) is 0 Å². The van der Waals surface area contributed by atoms with Crippen molar-refractivity contribution in [3.63, 3.8) is 0 Å². The van der Waals surface area contributed by atoms with Crippen LogP contribution >= 0.6 is 11.8 Å². The molecule has 1 aliphatic rings. The van der Waals surface area contributed by atoms with Gasteiger partial charge in [-0.15, -0.1) is 0 Å². The third-order valence-corrected chi connectivity index (χ3v) is 5.74. The molecule has 0 bridgehead atoms. The first-order valence-electron chi connectivity index (χ1n) is 7.98. The van der Waals surface area contributed by atoms with Gasteiger partial charge in [0, 0.05) is 17.8 Å². The minimum Gasteiger partial charge on any atom is -0.313 e. The highest BCUT2D eigenvalue weighted by Crippen LogP contribution is 2.29. The van der Waals surface area contributed by atoms with Crippen LogP contribution in [0.25, 0.3) is 0 Å². The Hall–Kier alpha value is -0.470. The number of hydrogen-bond donors (Lipinski definition) is 1. The predicted molar refractivity (Wildman–Crippen MR) is 91.6 cm³/mol.